The van der Waals surface area contributed by atoms with Gasteiger partial charge in [0.25, 0.3) is 0 Å². The van der Waals surface area contributed by atoms with Crippen LogP contribution in [0.3, 0.4) is 0 Å². The Morgan fingerprint density at radius 1 is 1.09 bits per heavy atom. The van der Waals surface area contributed by atoms with Gasteiger partial charge < -0.3 is 20.1 Å². The highest BCUT2D eigenvalue weighted by molar-refractivity contribution is 6.39. The molecule has 23 heavy (non-hydrogen) atoms. The summed E-state index contributed by atoms with van der Waals surface area (Å²) in [5.41, 5.74) is 2.65. The molecule has 0 saturated heterocycles. The highest BCUT2D eigenvalue weighted by Gasteiger charge is 2.16. The second kappa shape index (κ2) is 9.97. The summed E-state index contributed by atoms with van der Waals surface area (Å²) in [5.74, 6) is -1.35. The number of anilines is 1. The SMILES string of the molecule is CCOC(CCNC(=O)C(=O)Nc1cccc(C)c1C)OCC. The van der Waals surface area contributed by atoms with E-state index in [-0.39, 0.29) is 6.29 Å². The van der Waals surface area contributed by atoms with Gasteiger partial charge in [0.05, 0.1) is 0 Å². The number of rotatable bonds is 8. The first-order chi connectivity index (χ1) is 11.0. The van der Waals surface area contributed by atoms with Crippen molar-refractivity contribution in [3.8, 4) is 0 Å². The maximum Gasteiger partial charge on any atom is 0.313 e. The van der Waals surface area contributed by atoms with Crippen LogP contribution in [-0.2, 0) is 19.1 Å². The third-order valence-corrected chi connectivity index (χ3v) is 3.43. The average molecular weight is 322 g/mol. The van der Waals surface area contributed by atoms with Gasteiger partial charge in [-0.05, 0) is 44.9 Å². The van der Waals surface area contributed by atoms with Gasteiger partial charge in [-0.15, -0.1) is 0 Å². The Labute approximate surface area is 137 Å². The van der Waals surface area contributed by atoms with E-state index >= 15 is 0 Å². The molecule has 0 spiro atoms. The van der Waals surface area contributed by atoms with Gasteiger partial charge in [0, 0.05) is 31.9 Å². The van der Waals surface area contributed by atoms with Crippen LogP contribution < -0.4 is 10.6 Å². The van der Waals surface area contributed by atoms with Gasteiger partial charge in [-0.25, -0.2) is 0 Å². The number of aryl methyl sites for hydroxylation is 1. The Bertz CT molecular complexity index is 525. The van der Waals surface area contributed by atoms with Crippen LogP contribution in [0.1, 0.15) is 31.4 Å². The second-order valence-electron chi connectivity index (χ2n) is 5.09. The van der Waals surface area contributed by atoms with Crippen molar-refractivity contribution in [1.29, 1.82) is 0 Å². The van der Waals surface area contributed by atoms with Crippen LogP contribution >= 0.6 is 0 Å². The van der Waals surface area contributed by atoms with Crippen LogP contribution in [0.4, 0.5) is 5.69 Å². The van der Waals surface area contributed by atoms with Crippen molar-refractivity contribution in [2.45, 2.75) is 40.4 Å². The molecule has 1 aromatic rings. The molecular weight excluding hydrogens is 296 g/mol. The van der Waals surface area contributed by atoms with E-state index < -0.39 is 11.8 Å². The maximum atomic E-state index is 11.9. The monoisotopic (exact) mass is 322 g/mol. The molecule has 0 aliphatic rings. The molecule has 0 bridgehead atoms. The zero-order chi connectivity index (χ0) is 17.2. The standard InChI is InChI=1S/C17H26N2O4/c1-5-22-15(23-6-2)10-11-18-16(20)17(21)19-14-9-7-8-12(3)13(14)4/h7-9,15H,5-6,10-11H2,1-4H3,(H,18,20)(H,19,21). The molecule has 0 heterocycles. The van der Waals surface area contributed by atoms with Crippen molar-refractivity contribution in [3.05, 3.63) is 29.3 Å². The Morgan fingerprint density at radius 2 is 1.74 bits per heavy atom. The van der Waals surface area contributed by atoms with E-state index in [0.29, 0.717) is 31.9 Å². The average Bonchev–Trinajstić information content (AvgIpc) is 2.52. The molecule has 2 N–H and O–H groups in total. The van der Waals surface area contributed by atoms with Gasteiger partial charge >= 0.3 is 11.8 Å². The molecule has 1 aromatic carbocycles. The molecule has 0 saturated carbocycles. The Morgan fingerprint density at radius 3 is 2.35 bits per heavy atom. The quantitative estimate of drug-likeness (QED) is 0.568. The van der Waals surface area contributed by atoms with Crippen LogP contribution in [0.2, 0.25) is 0 Å². The molecule has 0 radical (unpaired) electrons. The largest absolute Gasteiger partial charge is 0.353 e. The minimum Gasteiger partial charge on any atom is -0.353 e. The maximum absolute atomic E-state index is 11.9. The number of carbonyl (C=O) groups excluding carboxylic acids is 2. The van der Waals surface area contributed by atoms with Crippen molar-refractivity contribution in [1.82, 2.24) is 5.32 Å². The smallest absolute Gasteiger partial charge is 0.313 e. The van der Waals surface area contributed by atoms with Gasteiger partial charge in [0.15, 0.2) is 6.29 Å². The fraction of sp³-hybridized carbons (Fsp3) is 0.529. The zero-order valence-corrected chi connectivity index (χ0v) is 14.3. The van der Waals surface area contributed by atoms with Crippen LogP contribution in [0, 0.1) is 13.8 Å². The first kappa shape index (κ1) is 19.1. The molecule has 0 fully saturated rings. The van der Waals surface area contributed by atoms with Crippen molar-refractivity contribution in [2.24, 2.45) is 0 Å². The Balaban J connectivity index is 2.45. The van der Waals surface area contributed by atoms with Crippen LogP contribution in [0.25, 0.3) is 0 Å². The summed E-state index contributed by atoms with van der Waals surface area (Å²) in [6, 6.07) is 5.56. The topological polar surface area (TPSA) is 76.7 Å². The van der Waals surface area contributed by atoms with E-state index in [2.05, 4.69) is 10.6 Å². The fourth-order valence-corrected chi connectivity index (χ4v) is 2.04. The van der Waals surface area contributed by atoms with Gasteiger partial charge in [0.1, 0.15) is 0 Å². The molecule has 0 aromatic heterocycles. The summed E-state index contributed by atoms with van der Waals surface area (Å²) < 4.78 is 10.8. The molecule has 0 unspecified atom stereocenters. The lowest BCUT2D eigenvalue weighted by atomic mass is 10.1. The molecule has 0 aliphatic heterocycles. The lowest BCUT2D eigenvalue weighted by Gasteiger charge is -2.17. The molecule has 1 rings (SSSR count). The molecule has 0 aliphatic carbocycles. The minimum atomic E-state index is -0.678. The molecular formula is C17H26N2O4. The predicted octanol–water partition coefficient (Wildman–Crippen LogP) is 2.15. The second-order valence-corrected chi connectivity index (χ2v) is 5.09. The highest BCUT2D eigenvalue weighted by atomic mass is 16.7. The number of benzene rings is 1. The fourth-order valence-electron chi connectivity index (χ4n) is 2.04. The summed E-state index contributed by atoms with van der Waals surface area (Å²) in [5, 5.41) is 5.20. The van der Waals surface area contributed by atoms with Crippen molar-refractivity contribution in [2.75, 3.05) is 25.1 Å². The summed E-state index contributed by atoms with van der Waals surface area (Å²) in [7, 11) is 0. The minimum absolute atomic E-state index is 0.309. The van der Waals surface area contributed by atoms with Crippen molar-refractivity contribution < 1.29 is 19.1 Å². The van der Waals surface area contributed by atoms with E-state index in [4.69, 9.17) is 9.47 Å². The molecule has 6 heteroatoms. The molecule has 0 atom stereocenters. The van der Waals surface area contributed by atoms with E-state index in [9.17, 15) is 9.59 Å². The summed E-state index contributed by atoms with van der Waals surface area (Å²) >= 11 is 0. The third-order valence-electron chi connectivity index (χ3n) is 3.43. The van der Waals surface area contributed by atoms with E-state index in [1.54, 1.807) is 6.07 Å². The summed E-state index contributed by atoms with van der Waals surface area (Å²) in [4.78, 5) is 23.8. The van der Waals surface area contributed by atoms with Crippen molar-refractivity contribution >= 4 is 17.5 Å². The third kappa shape index (κ3) is 6.38. The van der Waals surface area contributed by atoms with Crippen molar-refractivity contribution in [3.63, 3.8) is 0 Å². The number of amides is 2. The molecule has 128 valence electrons. The van der Waals surface area contributed by atoms with Crippen LogP contribution in [-0.4, -0.2) is 37.9 Å². The number of nitrogens with one attached hydrogen (secondary N) is 2. The van der Waals surface area contributed by atoms with Gasteiger partial charge in [-0.1, -0.05) is 12.1 Å². The molecule has 6 nitrogen and oxygen atoms in total. The Hall–Kier alpha value is -1.92. The number of carbonyl (C=O) groups is 2. The Kier molecular flexibility index (Phi) is 8.29. The first-order valence-electron chi connectivity index (χ1n) is 7.88. The zero-order valence-electron chi connectivity index (χ0n) is 14.3. The van der Waals surface area contributed by atoms with Crippen LogP contribution in [0.15, 0.2) is 18.2 Å². The van der Waals surface area contributed by atoms with Gasteiger partial charge in [0.2, 0.25) is 0 Å². The number of hydrogen-bond donors (Lipinski definition) is 2. The number of ether oxygens (including phenoxy) is 2. The van der Waals surface area contributed by atoms with E-state index in [0.717, 1.165) is 11.1 Å². The molecule has 2 amide bonds. The van der Waals surface area contributed by atoms with E-state index in [1.165, 1.54) is 0 Å². The highest BCUT2D eigenvalue weighted by Crippen LogP contribution is 2.17. The predicted molar refractivity (Wildman–Crippen MR) is 89.2 cm³/mol. The van der Waals surface area contributed by atoms with Gasteiger partial charge in [-0.3, -0.25) is 9.59 Å². The first-order valence-corrected chi connectivity index (χ1v) is 7.88. The van der Waals surface area contributed by atoms with E-state index in [1.807, 2.05) is 39.8 Å². The van der Waals surface area contributed by atoms with Crippen LogP contribution in [0.5, 0.6) is 0 Å². The summed E-state index contributed by atoms with van der Waals surface area (Å²) in [6.45, 7) is 8.98. The van der Waals surface area contributed by atoms with Gasteiger partial charge in [-0.2, -0.15) is 0 Å². The lowest BCUT2D eigenvalue weighted by molar-refractivity contribution is -0.142. The normalized spacial score (nSPS) is 10.7. The lowest BCUT2D eigenvalue weighted by Crippen LogP contribution is -2.37. The number of hydrogen-bond acceptors (Lipinski definition) is 4. The summed E-state index contributed by atoms with van der Waals surface area (Å²) in [6.07, 6.45) is 0.122.